The molecule has 3 aromatic rings. The second-order valence-corrected chi connectivity index (χ2v) is 7.40. The molecule has 0 bridgehead atoms. The zero-order valence-electron chi connectivity index (χ0n) is 17.3. The number of methoxy groups -OCH3 is 1. The molecule has 30 heavy (non-hydrogen) atoms. The third-order valence-corrected chi connectivity index (χ3v) is 5.40. The van der Waals surface area contributed by atoms with E-state index >= 15 is 0 Å². The number of carbonyl (C=O) groups is 1. The molecule has 8 heteroatoms. The number of aromatic nitrogens is 4. The Labute approximate surface area is 175 Å². The summed E-state index contributed by atoms with van der Waals surface area (Å²) in [5.74, 6) is 0.635. The Bertz CT molecular complexity index is 982. The summed E-state index contributed by atoms with van der Waals surface area (Å²) in [4.78, 5) is 17.4. The quantitative estimate of drug-likeness (QED) is 0.618. The number of hydrogen-bond donors (Lipinski definition) is 1. The lowest BCUT2D eigenvalue weighted by Gasteiger charge is -2.17. The highest BCUT2D eigenvalue weighted by Crippen LogP contribution is 2.34. The minimum absolute atomic E-state index is 0.0133. The van der Waals surface area contributed by atoms with Gasteiger partial charge in [0.15, 0.2) is 0 Å². The fraction of sp³-hybridized carbons (Fsp3) is 0.409. The van der Waals surface area contributed by atoms with Crippen molar-refractivity contribution < 1.29 is 14.3 Å². The molecule has 2 aromatic heterocycles. The first kappa shape index (κ1) is 20.3. The van der Waals surface area contributed by atoms with Crippen molar-refractivity contribution >= 4 is 5.91 Å². The number of benzene rings is 1. The maximum Gasteiger partial charge on any atom is 0.226 e. The minimum atomic E-state index is -0.276. The topological polar surface area (TPSA) is 83.2 Å². The van der Waals surface area contributed by atoms with Crippen molar-refractivity contribution in [2.75, 3.05) is 20.3 Å². The largest absolute Gasteiger partial charge is 0.383 e. The average Bonchev–Trinajstić information content (AvgIpc) is 3.50. The smallest absolute Gasteiger partial charge is 0.226 e. The van der Waals surface area contributed by atoms with Gasteiger partial charge < -0.3 is 14.8 Å². The van der Waals surface area contributed by atoms with E-state index in [1.54, 1.807) is 13.3 Å². The Hall–Kier alpha value is -2.97. The summed E-state index contributed by atoms with van der Waals surface area (Å²) in [6, 6.07) is 10.0. The normalized spacial score (nSPS) is 18.6. The lowest BCUT2D eigenvalue weighted by atomic mass is 9.96. The van der Waals surface area contributed by atoms with E-state index in [0.29, 0.717) is 32.7 Å². The summed E-state index contributed by atoms with van der Waals surface area (Å²) in [5.41, 5.74) is 2.89. The summed E-state index contributed by atoms with van der Waals surface area (Å²) in [6.45, 7) is 4.19. The van der Waals surface area contributed by atoms with Gasteiger partial charge in [0.05, 0.1) is 49.8 Å². The van der Waals surface area contributed by atoms with Crippen molar-refractivity contribution in [3.8, 4) is 5.69 Å². The number of nitrogens with one attached hydrogen (secondary N) is 1. The number of rotatable bonds is 8. The van der Waals surface area contributed by atoms with Crippen molar-refractivity contribution in [3.63, 3.8) is 0 Å². The van der Waals surface area contributed by atoms with Gasteiger partial charge in [-0.2, -0.15) is 5.10 Å². The number of ether oxygens (including phenoxy) is 2. The molecule has 1 fully saturated rings. The van der Waals surface area contributed by atoms with E-state index < -0.39 is 0 Å². The van der Waals surface area contributed by atoms with Crippen LogP contribution in [-0.2, 0) is 27.4 Å². The number of aryl methyl sites for hydroxylation is 1. The van der Waals surface area contributed by atoms with E-state index in [1.165, 1.54) is 0 Å². The lowest BCUT2D eigenvalue weighted by molar-refractivity contribution is -0.127. The van der Waals surface area contributed by atoms with E-state index in [4.69, 9.17) is 9.47 Å². The molecule has 1 amide bonds. The number of hydrogen-bond acceptors (Lipinski definition) is 5. The zero-order chi connectivity index (χ0) is 20.9. The number of amides is 1. The first-order valence-corrected chi connectivity index (χ1v) is 10.2. The van der Waals surface area contributed by atoms with Crippen LogP contribution in [0.4, 0.5) is 0 Å². The molecule has 158 valence electrons. The Balaban J connectivity index is 1.42. The van der Waals surface area contributed by atoms with Gasteiger partial charge in [-0.1, -0.05) is 18.2 Å². The molecule has 0 saturated carbocycles. The Morgan fingerprint density at radius 2 is 2.13 bits per heavy atom. The number of nitrogens with zero attached hydrogens (tertiary/aromatic N) is 4. The fourth-order valence-corrected chi connectivity index (χ4v) is 3.87. The Morgan fingerprint density at radius 1 is 1.30 bits per heavy atom. The molecule has 0 unspecified atom stereocenters. The van der Waals surface area contributed by atoms with Crippen molar-refractivity contribution in [2.24, 2.45) is 5.92 Å². The van der Waals surface area contributed by atoms with Gasteiger partial charge in [-0.05, 0) is 25.5 Å². The Kier molecular flexibility index (Phi) is 6.25. The summed E-state index contributed by atoms with van der Waals surface area (Å²) in [5, 5.41) is 7.43. The highest BCUT2D eigenvalue weighted by molar-refractivity contribution is 5.79. The standard InChI is InChI=1S/C22H27N5O3/c1-16-23-13-19(27(16)18-6-4-3-5-7-18)14-24-22(28)20-8-10-30-21(20)17-12-25-26(15-17)9-11-29-2/h3-7,12-13,15,20-21H,8-11,14H2,1-2H3,(H,24,28)/t20-,21+/m0/s1. The van der Waals surface area contributed by atoms with Crippen LogP contribution >= 0.6 is 0 Å². The van der Waals surface area contributed by atoms with Gasteiger partial charge >= 0.3 is 0 Å². The molecule has 3 heterocycles. The minimum Gasteiger partial charge on any atom is -0.383 e. The van der Waals surface area contributed by atoms with Gasteiger partial charge in [-0.3, -0.25) is 14.0 Å². The maximum atomic E-state index is 13.0. The molecule has 0 radical (unpaired) electrons. The second kappa shape index (κ2) is 9.23. The third-order valence-electron chi connectivity index (χ3n) is 5.40. The van der Waals surface area contributed by atoms with E-state index in [2.05, 4.69) is 20.0 Å². The first-order chi connectivity index (χ1) is 14.7. The fourth-order valence-electron chi connectivity index (χ4n) is 3.87. The van der Waals surface area contributed by atoms with Crippen LogP contribution in [0.1, 0.15) is 29.6 Å². The predicted molar refractivity (Wildman–Crippen MR) is 111 cm³/mol. The zero-order valence-corrected chi connectivity index (χ0v) is 17.3. The van der Waals surface area contributed by atoms with Crippen LogP contribution < -0.4 is 5.32 Å². The highest BCUT2D eigenvalue weighted by Gasteiger charge is 2.36. The summed E-state index contributed by atoms with van der Waals surface area (Å²) >= 11 is 0. The molecule has 1 N–H and O–H groups in total. The van der Waals surface area contributed by atoms with Crippen LogP contribution in [0, 0.1) is 12.8 Å². The molecular weight excluding hydrogens is 382 g/mol. The SMILES string of the molecule is COCCn1cc([C@H]2OCC[C@@H]2C(=O)NCc2cnc(C)n2-c2ccccc2)cn1. The van der Waals surface area contributed by atoms with Gasteiger partial charge in [0.1, 0.15) is 5.82 Å². The van der Waals surface area contributed by atoms with Gasteiger partial charge in [0.25, 0.3) is 0 Å². The van der Waals surface area contributed by atoms with Gasteiger partial charge in [-0.15, -0.1) is 0 Å². The van der Waals surface area contributed by atoms with Crippen LogP contribution in [0.2, 0.25) is 0 Å². The Morgan fingerprint density at radius 3 is 2.93 bits per heavy atom. The van der Waals surface area contributed by atoms with Crippen molar-refractivity contribution in [3.05, 3.63) is 66.0 Å². The number of para-hydroxylation sites is 1. The molecule has 1 aliphatic rings. The van der Waals surface area contributed by atoms with E-state index in [-0.39, 0.29) is 17.9 Å². The van der Waals surface area contributed by atoms with Crippen LogP contribution in [0.3, 0.4) is 0 Å². The van der Waals surface area contributed by atoms with Crippen LogP contribution in [-0.4, -0.2) is 45.6 Å². The summed E-state index contributed by atoms with van der Waals surface area (Å²) in [7, 11) is 1.66. The average molecular weight is 409 g/mol. The van der Waals surface area contributed by atoms with Crippen LogP contribution in [0.5, 0.6) is 0 Å². The summed E-state index contributed by atoms with van der Waals surface area (Å²) < 4.78 is 14.8. The third kappa shape index (κ3) is 4.29. The van der Waals surface area contributed by atoms with Gasteiger partial charge in [-0.25, -0.2) is 4.98 Å². The first-order valence-electron chi connectivity index (χ1n) is 10.2. The number of imidazole rings is 1. The summed E-state index contributed by atoms with van der Waals surface area (Å²) in [6.07, 6.45) is 5.94. The van der Waals surface area contributed by atoms with Gasteiger partial charge in [0.2, 0.25) is 5.91 Å². The van der Waals surface area contributed by atoms with Crippen LogP contribution in [0.15, 0.2) is 48.9 Å². The van der Waals surface area contributed by atoms with E-state index in [0.717, 1.165) is 22.8 Å². The molecule has 1 saturated heterocycles. The van der Waals surface area contributed by atoms with E-state index in [9.17, 15) is 4.79 Å². The van der Waals surface area contributed by atoms with Gasteiger partial charge in [0, 0.05) is 31.2 Å². The molecule has 1 aliphatic heterocycles. The molecule has 8 nitrogen and oxygen atoms in total. The molecule has 0 aliphatic carbocycles. The predicted octanol–water partition coefficient (Wildman–Crippen LogP) is 2.42. The van der Waals surface area contributed by atoms with E-state index in [1.807, 2.05) is 54.3 Å². The molecule has 0 spiro atoms. The number of carbonyl (C=O) groups excluding carboxylic acids is 1. The van der Waals surface area contributed by atoms with Crippen LogP contribution in [0.25, 0.3) is 5.69 Å². The maximum absolute atomic E-state index is 13.0. The second-order valence-electron chi connectivity index (χ2n) is 7.40. The molecular formula is C22H27N5O3. The molecule has 2 atom stereocenters. The highest BCUT2D eigenvalue weighted by atomic mass is 16.5. The lowest BCUT2D eigenvalue weighted by Crippen LogP contribution is -2.32. The molecule has 1 aromatic carbocycles. The van der Waals surface area contributed by atoms with Crippen molar-refractivity contribution in [1.29, 1.82) is 0 Å². The monoisotopic (exact) mass is 409 g/mol. The van der Waals surface area contributed by atoms with Crippen molar-refractivity contribution in [1.82, 2.24) is 24.6 Å². The molecule has 4 rings (SSSR count). The van der Waals surface area contributed by atoms with Crippen molar-refractivity contribution in [2.45, 2.75) is 32.5 Å².